The van der Waals surface area contributed by atoms with Crippen molar-refractivity contribution in [3.63, 3.8) is 0 Å². The zero-order valence-electron chi connectivity index (χ0n) is 12.1. The lowest BCUT2D eigenvalue weighted by atomic mass is 10.2. The van der Waals surface area contributed by atoms with Gasteiger partial charge in [-0.25, -0.2) is 0 Å². The van der Waals surface area contributed by atoms with Gasteiger partial charge in [-0.3, -0.25) is 4.98 Å². The van der Waals surface area contributed by atoms with Crippen LogP contribution < -0.4 is 10.2 Å². The molecule has 0 aromatic carbocycles. The van der Waals surface area contributed by atoms with Crippen molar-refractivity contribution in [1.82, 2.24) is 10.3 Å². The first kappa shape index (κ1) is 14.1. The van der Waals surface area contributed by atoms with E-state index in [0.29, 0.717) is 12.1 Å². The summed E-state index contributed by atoms with van der Waals surface area (Å²) in [7, 11) is 0. The zero-order valence-corrected chi connectivity index (χ0v) is 12.1. The monoisotopic (exact) mass is 259 g/mol. The lowest BCUT2D eigenvalue weighted by Crippen LogP contribution is -2.26. The van der Waals surface area contributed by atoms with Crippen molar-refractivity contribution in [3.8, 4) is 0 Å². The van der Waals surface area contributed by atoms with Crippen LogP contribution in [-0.2, 0) is 0 Å². The molecule has 1 atom stereocenters. The fraction of sp³-hybridized carbons (Fsp3) is 0.562. The van der Waals surface area contributed by atoms with Crippen LogP contribution in [0.25, 0.3) is 0 Å². The van der Waals surface area contributed by atoms with Gasteiger partial charge in [0, 0.05) is 18.6 Å². The van der Waals surface area contributed by atoms with Crippen LogP contribution in [0.2, 0.25) is 0 Å². The summed E-state index contributed by atoms with van der Waals surface area (Å²) in [5.74, 6) is 0. The van der Waals surface area contributed by atoms with E-state index < -0.39 is 0 Å². The molecule has 0 aliphatic heterocycles. The molecule has 0 bridgehead atoms. The SMILES string of the molecule is C=CCN(c1ccc(C(C)NCCC)nc1)C1CC1. The number of rotatable bonds is 8. The van der Waals surface area contributed by atoms with Gasteiger partial charge in [-0.15, -0.1) is 6.58 Å². The molecule has 1 fully saturated rings. The van der Waals surface area contributed by atoms with Gasteiger partial charge in [0.15, 0.2) is 0 Å². The van der Waals surface area contributed by atoms with E-state index in [2.05, 4.69) is 47.8 Å². The van der Waals surface area contributed by atoms with Crippen molar-refractivity contribution in [2.45, 2.75) is 45.2 Å². The Morgan fingerprint density at radius 1 is 1.53 bits per heavy atom. The van der Waals surface area contributed by atoms with Gasteiger partial charge in [0.25, 0.3) is 0 Å². The Kier molecular flexibility index (Phi) is 4.97. The summed E-state index contributed by atoms with van der Waals surface area (Å²) in [5, 5.41) is 3.47. The van der Waals surface area contributed by atoms with Crippen molar-refractivity contribution in [2.75, 3.05) is 18.0 Å². The molecule has 1 aliphatic carbocycles. The number of aromatic nitrogens is 1. The van der Waals surface area contributed by atoms with E-state index in [9.17, 15) is 0 Å². The largest absolute Gasteiger partial charge is 0.364 e. The van der Waals surface area contributed by atoms with Crippen molar-refractivity contribution in [3.05, 3.63) is 36.7 Å². The Morgan fingerprint density at radius 3 is 2.84 bits per heavy atom. The molecular formula is C16H25N3. The van der Waals surface area contributed by atoms with Gasteiger partial charge < -0.3 is 10.2 Å². The number of nitrogens with zero attached hydrogens (tertiary/aromatic N) is 2. The molecule has 0 amide bonds. The normalized spacial score (nSPS) is 16.1. The summed E-state index contributed by atoms with van der Waals surface area (Å²) < 4.78 is 0. The standard InChI is InChI=1S/C16H25N3/c1-4-10-17-13(3)16-9-8-15(12-18-16)19(11-5-2)14-6-7-14/h5,8-9,12-14,17H,2,4,6-7,10-11H2,1,3H3. The number of anilines is 1. The van der Waals surface area contributed by atoms with E-state index in [1.165, 1.54) is 18.5 Å². The molecule has 1 N–H and O–H groups in total. The minimum atomic E-state index is 0.322. The summed E-state index contributed by atoms with van der Waals surface area (Å²) in [6.45, 7) is 10.1. The summed E-state index contributed by atoms with van der Waals surface area (Å²) in [5.41, 5.74) is 2.33. The first-order valence-electron chi connectivity index (χ1n) is 7.33. The number of hydrogen-bond acceptors (Lipinski definition) is 3. The van der Waals surface area contributed by atoms with Gasteiger partial charge in [-0.1, -0.05) is 13.0 Å². The van der Waals surface area contributed by atoms with Crippen LogP contribution in [0.15, 0.2) is 31.0 Å². The average Bonchev–Trinajstić information content (AvgIpc) is 3.27. The second kappa shape index (κ2) is 6.71. The number of nitrogens with one attached hydrogen (secondary N) is 1. The van der Waals surface area contributed by atoms with E-state index in [4.69, 9.17) is 0 Å². The molecule has 19 heavy (non-hydrogen) atoms. The first-order chi connectivity index (χ1) is 9.26. The second-order valence-corrected chi connectivity index (χ2v) is 5.29. The molecule has 0 radical (unpaired) electrons. The zero-order chi connectivity index (χ0) is 13.7. The van der Waals surface area contributed by atoms with Crippen LogP contribution >= 0.6 is 0 Å². The Bertz CT molecular complexity index is 395. The third-order valence-electron chi connectivity index (χ3n) is 3.56. The summed E-state index contributed by atoms with van der Waals surface area (Å²) in [6, 6.07) is 5.35. The van der Waals surface area contributed by atoms with Crippen LogP contribution in [0.3, 0.4) is 0 Å². The summed E-state index contributed by atoms with van der Waals surface area (Å²) >= 11 is 0. The topological polar surface area (TPSA) is 28.2 Å². The predicted molar refractivity (Wildman–Crippen MR) is 81.5 cm³/mol. The van der Waals surface area contributed by atoms with Crippen LogP contribution in [0.5, 0.6) is 0 Å². The van der Waals surface area contributed by atoms with Gasteiger partial charge in [0.1, 0.15) is 0 Å². The van der Waals surface area contributed by atoms with E-state index in [1.807, 2.05) is 12.3 Å². The molecule has 1 unspecified atom stereocenters. The Hall–Kier alpha value is -1.35. The number of pyridine rings is 1. The quantitative estimate of drug-likeness (QED) is 0.726. The highest BCUT2D eigenvalue weighted by Crippen LogP contribution is 2.31. The molecule has 0 saturated heterocycles. The lowest BCUT2D eigenvalue weighted by molar-refractivity contribution is 0.558. The fourth-order valence-corrected chi connectivity index (χ4v) is 2.28. The Morgan fingerprint density at radius 2 is 2.32 bits per heavy atom. The van der Waals surface area contributed by atoms with Gasteiger partial charge in [0.2, 0.25) is 0 Å². The van der Waals surface area contributed by atoms with Crippen LogP contribution in [-0.4, -0.2) is 24.1 Å². The molecular weight excluding hydrogens is 234 g/mol. The molecule has 1 aromatic rings. The van der Waals surface area contributed by atoms with Gasteiger partial charge in [-0.05, 0) is 44.9 Å². The van der Waals surface area contributed by atoms with Crippen molar-refractivity contribution >= 4 is 5.69 Å². The van der Waals surface area contributed by atoms with Crippen LogP contribution in [0, 0.1) is 0 Å². The van der Waals surface area contributed by atoms with Crippen molar-refractivity contribution in [2.24, 2.45) is 0 Å². The van der Waals surface area contributed by atoms with Gasteiger partial charge in [-0.2, -0.15) is 0 Å². The maximum Gasteiger partial charge on any atom is 0.0572 e. The molecule has 1 saturated carbocycles. The van der Waals surface area contributed by atoms with Crippen LogP contribution in [0.4, 0.5) is 5.69 Å². The molecule has 104 valence electrons. The third-order valence-corrected chi connectivity index (χ3v) is 3.56. The summed E-state index contributed by atoms with van der Waals surface area (Å²) in [4.78, 5) is 7.00. The Balaban J connectivity index is 2.02. The maximum atomic E-state index is 4.61. The van der Waals surface area contributed by atoms with E-state index in [0.717, 1.165) is 25.2 Å². The molecule has 3 heteroatoms. The van der Waals surface area contributed by atoms with E-state index in [1.54, 1.807) is 0 Å². The van der Waals surface area contributed by atoms with Gasteiger partial charge >= 0.3 is 0 Å². The van der Waals surface area contributed by atoms with E-state index in [-0.39, 0.29) is 0 Å². The highest BCUT2D eigenvalue weighted by Gasteiger charge is 2.28. The minimum Gasteiger partial charge on any atom is -0.364 e. The maximum absolute atomic E-state index is 4.61. The highest BCUT2D eigenvalue weighted by atomic mass is 15.2. The van der Waals surface area contributed by atoms with Crippen molar-refractivity contribution in [1.29, 1.82) is 0 Å². The minimum absolute atomic E-state index is 0.322. The molecule has 1 aromatic heterocycles. The average molecular weight is 259 g/mol. The van der Waals surface area contributed by atoms with Gasteiger partial charge in [0.05, 0.1) is 17.6 Å². The molecule has 1 heterocycles. The summed E-state index contributed by atoms with van der Waals surface area (Å²) in [6.07, 6.45) is 7.71. The molecule has 3 nitrogen and oxygen atoms in total. The van der Waals surface area contributed by atoms with Crippen LogP contribution in [0.1, 0.15) is 44.8 Å². The fourth-order valence-electron chi connectivity index (χ4n) is 2.28. The molecule has 2 rings (SSSR count). The predicted octanol–water partition coefficient (Wildman–Crippen LogP) is 3.30. The second-order valence-electron chi connectivity index (χ2n) is 5.29. The third kappa shape index (κ3) is 3.80. The number of hydrogen-bond donors (Lipinski definition) is 1. The van der Waals surface area contributed by atoms with E-state index >= 15 is 0 Å². The molecule has 1 aliphatic rings. The first-order valence-corrected chi connectivity index (χ1v) is 7.33. The smallest absolute Gasteiger partial charge is 0.0572 e. The molecule has 0 spiro atoms. The van der Waals surface area contributed by atoms with Crippen molar-refractivity contribution < 1.29 is 0 Å². The highest BCUT2D eigenvalue weighted by molar-refractivity contribution is 5.48. The lowest BCUT2D eigenvalue weighted by Gasteiger charge is -2.23. The Labute approximate surface area is 116 Å².